The molecule has 0 spiro atoms. The third-order valence-electron chi connectivity index (χ3n) is 3.40. The molecule has 3 heteroatoms. The maximum atomic E-state index is 6.09. The molecule has 94 valence electrons. The highest BCUT2D eigenvalue weighted by Gasteiger charge is 2.30. The zero-order chi connectivity index (χ0) is 12.5. The summed E-state index contributed by atoms with van der Waals surface area (Å²) in [7, 11) is 0. The van der Waals surface area contributed by atoms with Gasteiger partial charge in [-0.1, -0.05) is 24.6 Å². The van der Waals surface area contributed by atoms with Crippen molar-refractivity contribution in [3.05, 3.63) is 29.3 Å². The van der Waals surface area contributed by atoms with Gasteiger partial charge in [0.05, 0.1) is 0 Å². The van der Waals surface area contributed by atoms with Crippen molar-refractivity contribution < 1.29 is 0 Å². The Bertz CT molecular complexity index is 390. The molecule has 0 aromatic heterocycles. The standard InChI is InChI=1S/C14H21ClN2/c1-11-8-16-10-14(2,3)17(9-11)13-6-4-5-12(15)7-13/h4-7,11,16H,8-10H2,1-3H3. The molecule has 1 aliphatic heterocycles. The second kappa shape index (κ2) is 4.87. The van der Waals surface area contributed by atoms with Crippen molar-refractivity contribution in [3.8, 4) is 0 Å². The molecule has 1 aliphatic rings. The number of anilines is 1. The van der Waals surface area contributed by atoms with E-state index in [1.165, 1.54) is 5.69 Å². The van der Waals surface area contributed by atoms with Crippen LogP contribution in [0.3, 0.4) is 0 Å². The molecule has 1 unspecified atom stereocenters. The number of nitrogens with one attached hydrogen (secondary N) is 1. The Hall–Kier alpha value is -0.730. The van der Waals surface area contributed by atoms with Crippen molar-refractivity contribution in [2.24, 2.45) is 5.92 Å². The highest BCUT2D eigenvalue weighted by atomic mass is 35.5. The van der Waals surface area contributed by atoms with E-state index in [-0.39, 0.29) is 5.54 Å². The smallest absolute Gasteiger partial charge is 0.0470 e. The molecule has 0 radical (unpaired) electrons. The molecule has 0 amide bonds. The van der Waals surface area contributed by atoms with Crippen molar-refractivity contribution >= 4 is 17.3 Å². The summed E-state index contributed by atoms with van der Waals surface area (Å²) in [6.45, 7) is 9.99. The lowest BCUT2D eigenvalue weighted by atomic mass is 10.0. The Morgan fingerprint density at radius 1 is 1.41 bits per heavy atom. The van der Waals surface area contributed by atoms with Gasteiger partial charge in [0.15, 0.2) is 0 Å². The van der Waals surface area contributed by atoms with Crippen LogP contribution in [-0.4, -0.2) is 25.2 Å². The van der Waals surface area contributed by atoms with Crippen LogP contribution < -0.4 is 10.2 Å². The van der Waals surface area contributed by atoms with Gasteiger partial charge in [-0.2, -0.15) is 0 Å². The Morgan fingerprint density at radius 2 is 2.18 bits per heavy atom. The maximum absolute atomic E-state index is 6.09. The average Bonchev–Trinajstić information content (AvgIpc) is 2.37. The molecule has 1 N–H and O–H groups in total. The van der Waals surface area contributed by atoms with Gasteiger partial charge >= 0.3 is 0 Å². The van der Waals surface area contributed by atoms with Crippen molar-refractivity contribution in [2.75, 3.05) is 24.5 Å². The highest BCUT2D eigenvalue weighted by molar-refractivity contribution is 6.30. The minimum atomic E-state index is 0.120. The molecule has 17 heavy (non-hydrogen) atoms. The lowest BCUT2D eigenvalue weighted by molar-refractivity contribution is 0.460. The van der Waals surface area contributed by atoms with Crippen LogP contribution in [0, 0.1) is 5.92 Å². The van der Waals surface area contributed by atoms with E-state index in [4.69, 9.17) is 11.6 Å². The van der Waals surface area contributed by atoms with Gasteiger partial charge in [0.1, 0.15) is 0 Å². The number of halogens is 1. The first-order chi connectivity index (χ1) is 7.99. The third kappa shape index (κ3) is 2.93. The van der Waals surface area contributed by atoms with E-state index in [1.807, 2.05) is 12.1 Å². The van der Waals surface area contributed by atoms with Gasteiger partial charge in [-0.3, -0.25) is 0 Å². The lowest BCUT2D eigenvalue weighted by Crippen LogP contribution is -2.49. The predicted molar refractivity (Wildman–Crippen MR) is 74.9 cm³/mol. The van der Waals surface area contributed by atoms with Gasteiger partial charge < -0.3 is 10.2 Å². The summed E-state index contributed by atoms with van der Waals surface area (Å²) in [6.07, 6.45) is 0. The topological polar surface area (TPSA) is 15.3 Å². The molecule has 0 aliphatic carbocycles. The minimum Gasteiger partial charge on any atom is -0.365 e. The highest BCUT2D eigenvalue weighted by Crippen LogP contribution is 2.28. The molecule has 0 bridgehead atoms. The molecular formula is C14H21ClN2. The molecular weight excluding hydrogens is 232 g/mol. The van der Waals surface area contributed by atoms with Gasteiger partial charge in [0, 0.05) is 29.3 Å². The summed E-state index contributed by atoms with van der Waals surface area (Å²) in [4.78, 5) is 2.46. The largest absolute Gasteiger partial charge is 0.365 e. The SMILES string of the molecule is CC1CNCC(C)(C)N(c2cccc(Cl)c2)C1. The Balaban J connectivity index is 2.32. The Kier molecular flexibility index (Phi) is 3.64. The fourth-order valence-corrected chi connectivity index (χ4v) is 2.63. The number of rotatable bonds is 1. The van der Waals surface area contributed by atoms with E-state index in [0.717, 1.165) is 24.7 Å². The predicted octanol–water partition coefficient (Wildman–Crippen LogP) is 3.16. The van der Waals surface area contributed by atoms with E-state index < -0.39 is 0 Å². The molecule has 1 saturated heterocycles. The summed E-state index contributed by atoms with van der Waals surface area (Å²) in [5.74, 6) is 0.649. The molecule has 2 nitrogen and oxygen atoms in total. The third-order valence-corrected chi connectivity index (χ3v) is 3.63. The van der Waals surface area contributed by atoms with Crippen LogP contribution >= 0.6 is 11.6 Å². The van der Waals surface area contributed by atoms with Gasteiger partial charge in [-0.15, -0.1) is 0 Å². The first-order valence-electron chi connectivity index (χ1n) is 6.23. The summed E-state index contributed by atoms with van der Waals surface area (Å²) >= 11 is 6.09. The van der Waals surface area contributed by atoms with E-state index in [0.29, 0.717) is 5.92 Å². The Morgan fingerprint density at radius 3 is 2.88 bits per heavy atom. The van der Waals surface area contributed by atoms with Crippen molar-refractivity contribution in [1.29, 1.82) is 0 Å². The quantitative estimate of drug-likeness (QED) is 0.826. The summed E-state index contributed by atoms with van der Waals surface area (Å²) < 4.78 is 0. The molecule has 1 fully saturated rings. The first-order valence-corrected chi connectivity index (χ1v) is 6.61. The van der Waals surface area contributed by atoms with Crippen LogP contribution in [0.15, 0.2) is 24.3 Å². The zero-order valence-corrected chi connectivity index (χ0v) is 11.6. The van der Waals surface area contributed by atoms with Gasteiger partial charge in [0.25, 0.3) is 0 Å². The zero-order valence-electron chi connectivity index (χ0n) is 10.8. The van der Waals surface area contributed by atoms with Crippen LogP contribution in [-0.2, 0) is 0 Å². The van der Waals surface area contributed by atoms with Gasteiger partial charge in [-0.25, -0.2) is 0 Å². The van der Waals surface area contributed by atoms with E-state index in [1.54, 1.807) is 0 Å². The summed E-state index contributed by atoms with van der Waals surface area (Å²) in [6, 6.07) is 8.15. The fraction of sp³-hybridized carbons (Fsp3) is 0.571. The van der Waals surface area contributed by atoms with Crippen molar-refractivity contribution in [3.63, 3.8) is 0 Å². The molecule has 1 atom stereocenters. The fourth-order valence-electron chi connectivity index (χ4n) is 2.44. The van der Waals surface area contributed by atoms with Crippen LogP contribution in [0.5, 0.6) is 0 Å². The molecule has 2 rings (SSSR count). The van der Waals surface area contributed by atoms with E-state index >= 15 is 0 Å². The second-order valence-electron chi connectivity index (χ2n) is 5.64. The lowest BCUT2D eigenvalue weighted by Gasteiger charge is -2.39. The Labute approximate surface area is 109 Å². The first kappa shape index (κ1) is 12.7. The van der Waals surface area contributed by atoms with Crippen LogP contribution in [0.2, 0.25) is 5.02 Å². The second-order valence-corrected chi connectivity index (χ2v) is 6.08. The van der Waals surface area contributed by atoms with Crippen LogP contribution in [0.25, 0.3) is 0 Å². The molecule has 1 heterocycles. The number of benzene rings is 1. The van der Waals surface area contributed by atoms with Crippen LogP contribution in [0.4, 0.5) is 5.69 Å². The number of hydrogen-bond acceptors (Lipinski definition) is 2. The average molecular weight is 253 g/mol. The maximum Gasteiger partial charge on any atom is 0.0470 e. The van der Waals surface area contributed by atoms with Crippen LogP contribution in [0.1, 0.15) is 20.8 Å². The molecule has 1 aromatic rings. The summed E-state index contributed by atoms with van der Waals surface area (Å²) in [5, 5.41) is 4.34. The van der Waals surface area contributed by atoms with Crippen molar-refractivity contribution in [1.82, 2.24) is 5.32 Å². The summed E-state index contributed by atoms with van der Waals surface area (Å²) in [5.41, 5.74) is 1.34. The monoisotopic (exact) mass is 252 g/mol. The van der Waals surface area contributed by atoms with E-state index in [2.05, 4.69) is 43.1 Å². The minimum absolute atomic E-state index is 0.120. The van der Waals surface area contributed by atoms with E-state index in [9.17, 15) is 0 Å². The molecule has 0 saturated carbocycles. The molecule has 1 aromatic carbocycles. The number of hydrogen-bond donors (Lipinski definition) is 1. The number of nitrogens with zero attached hydrogens (tertiary/aromatic N) is 1. The van der Waals surface area contributed by atoms with Gasteiger partial charge in [-0.05, 0) is 44.5 Å². The normalized spacial score (nSPS) is 24.5. The van der Waals surface area contributed by atoms with Crippen molar-refractivity contribution in [2.45, 2.75) is 26.3 Å². The van der Waals surface area contributed by atoms with Gasteiger partial charge in [0.2, 0.25) is 0 Å².